The van der Waals surface area contributed by atoms with E-state index in [1.165, 1.54) is 13.0 Å². The molecule has 116 valence electrons. The van der Waals surface area contributed by atoms with Crippen LogP contribution in [0.15, 0.2) is 40.8 Å². The Morgan fingerprint density at radius 2 is 2.00 bits per heavy atom. The van der Waals surface area contributed by atoms with Crippen molar-refractivity contribution >= 4 is 40.1 Å². The maximum absolute atomic E-state index is 11.3. The van der Waals surface area contributed by atoms with Gasteiger partial charge in [-0.3, -0.25) is 4.79 Å². The normalized spacial score (nSPS) is 10.7. The number of pyridine rings is 1. The number of benzene rings is 1. The van der Waals surface area contributed by atoms with Gasteiger partial charge >= 0.3 is 5.97 Å². The smallest absolute Gasteiger partial charge is 0.356 e. The average Bonchev–Trinajstić information content (AvgIpc) is 2.92. The minimum atomic E-state index is -1.29. The fourth-order valence-corrected chi connectivity index (χ4v) is 2.41. The topological polar surface area (TPSA) is 92.4 Å². The standard InChI is InChI=1S/C16H11ClN2O4/c1-8(20)18-11-7-10(19-15(14(11)17)16(21)22)13-6-9-4-2-3-5-12(9)23-13/h2-7H,1H3,(H,21,22)(H,18,19,20). The number of furan rings is 1. The predicted molar refractivity (Wildman–Crippen MR) is 85.7 cm³/mol. The first kappa shape index (κ1) is 15.1. The lowest BCUT2D eigenvalue weighted by molar-refractivity contribution is -0.114. The molecule has 0 saturated carbocycles. The zero-order valence-corrected chi connectivity index (χ0v) is 12.7. The zero-order valence-electron chi connectivity index (χ0n) is 12.0. The van der Waals surface area contributed by atoms with Crippen LogP contribution in [0, 0.1) is 0 Å². The van der Waals surface area contributed by atoms with Crippen molar-refractivity contribution in [3.8, 4) is 11.5 Å². The van der Waals surface area contributed by atoms with E-state index in [0.29, 0.717) is 11.3 Å². The van der Waals surface area contributed by atoms with Gasteiger partial charge in [-0.15, -0.1) is 0 Å². The van der Waals surface area contributed by atoms with Crippen molar-refractivity contribution in [2.24, 2.45) is 0 Å². The summed E-state index contributed by atoms with van der Waals surface area (Å²) in [5.74, 6) is -1.28. The quantitative estimate of drug-likeness (QED) is 0.761. The Bertz CT molecular complexity index is 900. The van der Waals surface area contributed by atoms with Crippen molar-refractivity contribution < 1.29 is 19.1 Å². The van der Waals surface area contributed by atoms with Crippen LogP contribution >= 0.6 is 11.6 Å². The maximum atomic E-state index is 11.3. The van der Waals surface area contributed by atoms with Crippen LogP contribution in [-0.4, -0.2) is 22.0 Å². The Hall–Kier alpha value is -2.86. The van der Waals surface area contributed by atoms with Crippen LogP contribution in [0.1, 0.15) is 17.4 Å². The summed E-state index contributed by atoms with van der Waals surface area (Å²) in [4.78, 5) is 26.6. The molecule has 2 aromatic heterocycles. The van der Waals surface area contributed by atoms with Crippen LogP contribution in [0.2, 0.25) is 5.02 Å². The van der Waals surface area contributed by atoms with Gasteiger partial charge in [0, 0.05) is 12.3 Å². The molecule has 6 nitrogen and oxygen atoms in total. The van der Waals surface area contributed by atoms with E-state index in [2.05, 4.69) is 10.3 Å². The molecule has 0 atom stereocenters. The number of aromatic carboxylic acids is 1. The van der Waals surface area contributed by atoms with Crippen molar-refractivity contribution in [3.63, 3.8) is 0 Å². The van der Waals surface area contributed by atoms with Crippen LogP contribution in [0.5, 0.6) is 0 Å². The second-order valence-electron chi connectivity index (χ2n) is 4.85. The predicted octanol–water partition coefficient (Wildman–Crippen LogP) is 3.80. The molecule has 3 aromatic rings. The molecule has 2 N–H and O–H groups in total. The first-order valence-electron chi connectivity index (χ1n) is 6.66. The summed E-state index contributed by atoms with van der Waals surface area (Å²) < 4.78 is 5.68. The number of nitrogens with one attached hydrogen (secondary N) is 1. The number of amides is 1. The van der Waals surface area contributed by atoms with Gasteiger partial charge in [0.05, 0.1) is 10.7 Å². The fourth-order valence-electron chi connectivity index (χ4n) is 2.19. The number of carbonyl (C=O) groups is 2. The maximum Gasteiger partial charge on any atom is 0.356 e. The third kappa shape index (κ3) is 2.89. The van der Waals surface area contributed by atoms with Gasteiger partial charge in [-0.1, -0.05) is 29.8 Å². The van der Waals surface area contributed by atoms with E-state index in [4.69, 9.17) is 16.0 Å². The van der Waals surface area contributed by atoms with Crippen molar-refractivity contribution in [3.05, 3.63) is 47.1 Å². The number of fused-ring (bicyclic) bond motifs is 1. The minimum Gasteiger partial charge on any atom is -0.476 e. The van der Waals surface area contributed by atoms with E-state index in [9.17, 15) is 14.7 Å². The van der Waals surface area contributed by atoms with E-state index < -0.39 is 5.97 Å². The molecule has 0 aliphatic rings. The number of nitrogens with zero attached hydrogens (tertiary/aromatic N) is 1. The molecular formula is C16H11ClN2O4. The molecule has 1 aromatic carbocycles. The van der Waals surface area contributed by atoms with E-state index in [-0.39, 0.29) is 28.0 Å². The Balaban J connectivity index is 2.19. The van der Waals surface area contributed by atoms with Gasteiger partial charge in [-0.2, -0.15) is 0 Å². The highest BCUT2D eigenvalue weighted by molar-refractivity contribution is 6.36. The minimum absolute atomic E-state index is 0.132. The first-order valence-corrected chi connectivity index (χ1v) is 7.04. The van der Waals surface area contributed by atoms with Gasteiger partial charge in [0.15, 0.2) is 11.5 Å². The number of anilines is 1. The lowest BCUT2D eigenvalue weighted by Crippen LogP contribution is -2.10. The summed E-state index contributed by atoms with van der Waals surface area (Å²) in [5, 5.41) is 12.5. The SMILES string of the molecule is CC(=O)Nc1cc(-c2cc3ccccc3o2)nc(C(=O)O)c1Cl. The summed E-state index contributed by atoms with van der Waals surface area (Å²) in [6.45, 7) is 1.30. The molecule has 0 aliphatic heterocycles. The Kier molecular flexibility index (Phi) is 3.75. The Morgan fingerprint density at radius 1 is 1.26 bits per heavy atom. The summed E-state index contributed by atoms with van der Waals surface area (Å²) in [6.07, 6.45) is 0. The van der Waals surface area contributed by atoms with Crippen molar-refractivity contribution in [1.29, 1.82) is 0 Å². The van der Waals surface area contributed by atoms with Gasteiger partial charge in [-0.05, 0) is 18.2 Å². The number of hydrogen-bond donors (Lipinski definition) is 2. The van der Waals surface area contributed by atoms with Crippen molar-refractivity contribution in [2.75, 3.05) is 5.32 Å². The van der Waals surface area contributed by atoms with Crippen LogP contribution < -0.4 is 5.32 Å². The molecule has 2 heterocycles. The summed E-state index contributed by atoms with van der Waals surface area (Å²) in [6, 6.07) is 10.6. The summed E-state index contributed by atoms with van der Waals surface area (Å²) in [5.41, 5.74) is 0.736. The second-order valence-corrected chi connectivity index (χ2v) is 5.23. The molecule has 23 heavy (non-hydrogen) atoms. The van der Waals surface area contributed by atoms with Gasteiger partial charge < -0.3 is 14.8 Å². The van der Waals surface area contributed by atoms with Crippen molar-refractivity contribution in [2.45, 2.75) is 6.92 Å². The molecule has 0 spiro atoms. The number of para-hydroxylation sites is 1. The molecule has 7 heteroatoms. The van der Waals surface area contributed by atoms with Crippen LogP contribution in [0.25, 0.3) is 22.4 Å². The molecule has 0 aliphatic carbocycles. The number of aromatic nitrogens is 1. The van der Waals surface area contributed by atoms with Crippen molar-refractivity contribution in [1.82, 2.24) is 4.98 Å². The van der Waals surface area contributed by atoms with E-state index in [1.54, 1.807) is 12.1 Å². The Morgan fingerprint density at radius 3 is 2.65 bits per heavy atom. The lowest BCUT2D eigenvalue weighted by atomic mass is 10.2. The third-order valence-corrected chi connectivity index (χ3v) is 3.53. The van der Waals surface area contributed by atoms with Crippen LogP contribution in [0.3, 0.4) is 0 Å². The highest BCUT2D eigenvalue weighted by Gasteiger charge is 2.19. The monoisotopic (exact) mass is 330 g/mol. The highest BCUT2D eigenvalue weighted by Crippen LogP contribution is 2.32. The number of carboxylic acids is 1. The lowest BCUT2D eigenvalue weighted by Gasteiger charge is -2.09. The van der Waals surface area contributed by atoms with Gasteiger partial charge in [-0.25, -0.2) is 9.78 Å². The average molecular weight is 331 g/mol. The molecule has 0 saturated heterocycles. The summed E-state index contributed by atoms with van der Waals surface area (Å²) >= 11 is 6.00. The Labute approximate surface area is 135 Å². The number of hydrogen-bond acceptors (Lipinski definition) is 4. The highest BCUT2D eigenvalue weighted by atomic mass is 35.5. The van der Waals surface area contributed by atoms with Gasteiger partial charge in [0.25, 0.3) is 0 Å². The van der Waals surface area contributed by atoms with E-state index in [0.717, 1.165) is 5.39 Å². The molecular weight excluding hydrogens is 320 g/mol. The molecule has 3 rings (SSSR count). The molecule has 0 fully saturated rings. The zero-order chi connectivity index (χ0) is 16.6. The number of carboxylic acid groups (broad SMARTS) is 1. The largest absolute Gasteiger partial charge is 0.476 e. The molecule has 0 bridgehead atoms. The molecule has 1 amide bonds. The van der Waals surface area contributed by atoms with Crippen LogP contribution in [-0.2, 0) is 4.79 Å². The van der Waals surface area contributed by atoms with Gasteiger partial charge in [0.2, 0.25) is 5.91 Å². The van der Waals surface area contributed by atoms with Gasteiger partial charge in [0.1, 0.15) is 11.3 Å². The molecule has 0 unspecified atom stereocenters. The molecule has 0 radical (unpaired) electrons. The number of rotatable bonds is 3. The third-order valence-electron chi connectivity index (χ3n) is 3.15. The van der Waals surface area contributed by atoms with E-state index >= 15 is 0 Å². The van der Waals surface area contributed by atoms with E-state index in [1.807, 2.05) is 18.2 Å². The second kappa shape index (κ2) is 5.73. The number of carbonyl (C=O) groups excluding carboxylic acids is 1. The fraction of sp³-hybridized carbons (Fsp3) is 0.0625. The number of halogens is 1. The summed E-state index contributed by atoms with van der Waals surface area (Å²) in [7, 11) is 0. The van der Waals surface area contributed by atoms with Crippen LogP contribution in [0.4, 0.5) is 5.69 Å². The first-order chi connectivity index (χ1) is 11.0.